The highest BCUT2D eigenvalue weighted by atomic mass is 32.2. The van der Waals surface area contributed by atoms with Crippen LogP contribution in [0.5, 0.6) is 0 Å². The van der Waals surface area contributed by atoms with Crippen LogP contribution < -0.4 is 0 Å². The zero-order valence-electron chi connectivity index (χ0n) is 22.1. The Morgan fingerprint density at radius 1 is 1.08 bits per heavy atom. The van der Waals surface area contributed by atoms with Crippen LogP contribution in [0.3, 0.4) is 0 Å². The molecule has 1 aliphatic heterocycles. The van der Waals surface area contributed by atoms with Crippen LogP contribution in [0, 0.1) is 26.7 Å². The molecule has 0 unspecified atom stereocenters. The second-order valence-electron chi connectivity index (χ2n) is 10.7. The molecule has 2 aromatic rings. The molecular formula is C26H35F3N2O5S. The SMILES string of the molecule is Cc1cc(C)c(S(=O)(=O)N(Cc2ccc(C(F)(F)F)o2)CC2CCN(C(=O)OC(C)(C)C)CC2)c(C)c1. The van der Waals surface area contributed by atoms with Crippen LogP contribution in [0.2, 0.25) is 0 Å². The monoisotopic (exact) mass is 544 g/mol. The summed E-state index contributed by atoms with van der Waals surface area (Å²) in [6.07, 6.45) is -4.02. The Hall–Kier alpha value is -2.53. The number of piperidine rings is 1. The van der Waals surface area contributed by atoms with Gasteiger partial charge in [0.05, 0.1) is 11.4 Å². The minimum absolute atomic E-state index is 0.0826. The molecule has 0 radical (unpaired) electrons. The van der Waals surface area contributed by atoms with Crippen molar-refractivity contribution >= 4 is 16.1 Å². The second-order valence-corrected chi connectivity index (χ2v) is 12.6. The zero-order valence-corrected chi connectivity index (χ0v) is 22.9. The Balaban J connectivity index is 1.85. The maximum atomic E-state index is 13.9. The third kappa shape index (κ3) is 7.28. The first kappa shape index (κ1) is 29.0. The van der Waals surface area contributed by atoms with Gasteiger partial charge in [0, 0.05) is 19.6 Å². The lowest BCUT2D eigenvalue weighted by molar-refractivity contribution is -0.153. The van der Waals surface area contributed by atoms with Gasteiger partial charge in [-0.05, 0) is 83.6 Å². The van der Waals surface area contributed by atoms with Gasteiger partial charge in [-0.1, -0.05) is 17.7 Å². The number of rotatable bonds is 6. The van der Waals surface area contributed by atoms with Crippen LogP contribution in [0.25, 0.3) is 0 Å². The van der Waals surface area contributed by atoms with Crippen molar-refractivity contribution in [3.63, 3.8) is 0 Å². The van der Waals surface area contributed by atoms with Gasteiger partial charge >= 0.3 is 12.3 Å². The fraction of sp³-hybridized carbons (Fsp3) is 0.577. The minimum Gasteiger partial charge on any atom is -0.455 e. The Morgan fingerprint density at radius 3 is 2.14 bits per heavy atom. The van der Waals surface area contributed by atoms with Gasteiger partial charge in [-0.15, -0.1) is 0 Å². The Bertz CT molecular complexity index is 1200. The van der Waals surface area contributed by atoms with E-state index in [1.807, 2.05) is 6.92 Å². The molecule has 206 valence electrons. The van der Waals surface area contributed by atoms with Crippen molar-refractivity contribution in [2.45, 2.75) is 77.6 Å². The van der Waals surface area contributed by atoms with E-state index < -0.39 is 33.7 Å². The number of furan rings is 1. The highest BCUT2D eigenvalue weighted by molar-refractivity contribution is 7.89. The van der Waals surface area contributed by atoms with Crippen LogP contribution in [-0.4, -0.2) is 49.0 Å². The Kier molecular flexibility index (Phi) is 8.38. The normalized spacial score (nSPS) is 15.9. The summed E-state index contributed by atoms with van der Waals surface area (Å²) >= 11 is 0. The molecule has 0 N–H and O–H groups in total. The smallest absolute Gasteiger partial charge is 0.449 e. The van der Waals surface area contributed by atoms with Crippen molar-refractivity contribution in [2.75, 3.05) is 19.6 Å². The van der Waals surface area contributed by atoms with Gasteiger partial charge in [0.2, 0.25) is 15.8 Å². The van der Waals surface area contributed by atoms with Gasteiger partial charge in [0.1, 0.15) is 11.4 Å². The average molecular weight is 545 g/mol. The van der Waals surface area contributed by atoms with E-state index in [1.165, 1.54) is 4.31 Å². The summed E-state index contributed by atoms with van der Waals surface area (Å²) in [5.41, 5.74) is 1.42. The molecule has 11 heteroatoms. The van der Waals surface area contributed by atoms with E-state index in [4.69, 9.17) is 9.15 Å². The van der Waals surface area contributed by atoms with Gasteiger partial charge < -0.3 is 14.1 Å². The number of halogens is 3. The summed E-state index contributed by atoms with van der Waals surface area (Å²) in [6.45, 7) is 11.2. The molecule has 37 heavy (non-hydrogen) atoms. The first-order valence-corrected chi connectivity index (χ1v) is 13.6. The molecule has 2 heterocycles. The summed E-state index contributed by atoms with van der Waals surface area (Å²) in [7, 11) is -4.07. The molecule has 0 aliphatic carbocycles. The van der Waals surface area contributed by atoms with Gasteiger partial charge in [-0.25, -0.2) is 13.2 Å². The van der Waals surface area contributed by atoms with E-state index in [2.05, 4.69) is 0 Å². The highest BCUT2D eigenvalue weighted by Gasteiger charge is 2.37. The van der Waals surface area contributed by atoms with E-state index in [0.717, 1.165) is 17.7 Å². The first-order valence-electron chi connectivity index (χ1n) is 12.2. The lowest BCUT2D eigenvalue weighted by Gasteiger charge is -2.35. The number of nitrogens with zero attached hydrogens (tertiary/aromatic N) is 2. The predicted octanol–water partition coefficient (Wildman–Crippen LogP) is 6.06. The summed E-state index contributed by atoms with van der Waals surface area (Å²) in [4.78, 5) is 14.1. The Labute approximate surface area is 216 Å². The van der Waals surface area contributed by atoms with Crippen LogP contribution in [0.4, 0.5) is 18.0 Å². The second kappa shape index (κ2) is 10.7. The van der Waals surface area contributed by atoms with E-state index in [1.54, 1.807) is 51.7 Å². The molecule has 1 aliphatic rings. The van der Waals surface area contributed by atoms with Crippen LogP contribution in [0.1, 0.15) is 61.8 Å². The van der Waals surface area contributed by atoms with E-state index >= 15 is 0 Å². The zero-order chi connectivity index (χ0) is 27.8. The number of hydrogen-bond acceptors (Lipinski definition) is 5. The lowest BCUT2D eigenvalue weighted by atomic mass is 9.97. The van der Waals surface area contributed by atoms with E-state index in [0.29, 0.717) is 37.1 Å². The molecule has 0 bridgehead atoms. The van der Waals surface area contributed by atoms with Crippen molar-refractivity contribution in [1.82, 2.24) is 9.21 Å². The molecule has 0 spiro atoms. The van der Waals surface area contributed by atoms with Gasteiger partial charge in [0.15, 0.2) is 0 Å². The number of sulfonamides is 1. The highest BCUT2D eigenvalue weighted by Crippen LogP contribution is 2.33. The van der Waals surface area contributed by atoms with Crippen molar-refractivity contribution in [2.24, 2.45) is 5.92 Å². The molecule has 7 nitrogen and oxygen atoms in total. The predicted molar refractivity (Wildman–Crippen MR) is 132 cm³/mol. The molecular weight excluding hydrogens is 509 g/mol. The molecule has 1 aromatic heterocycles. The van der Waals surface area contributed by atoms with Gasteiger partial charge in [-0.3, -0.25) is 0 Å². The minimum atomic E-state index is -4.67. The quantitative estimate of drug-likeness (QED) is 0.442. The molecule has 1 saturated heterocycles. The number of alkyl halides is 3. The molecule has 3 rings (SSSR count). The van der Waals surface area contributed by atoms with Crippen LogP contribution >= 0.6 is 0 Å². The number of benzene rings is 1. The largest absolute Gasteiger partial charge is 0.455 e. The number of aryl methyl sites for hydroxylation is 3. The van der Waals surface area contributed by atoms with Crippen molar-refractivity contribution in [3.8, 4) is 0 Å². The number of hydrogen-bond donors (Lipinski definition) is 0. The fourth-order valence-electron chi connectivity index (χ4n) is 4.65. The maximum absolute atomic E-state index is 13.9. The number of carbonyl (C=O) groups excluding carboxylic acids is 1. The lowest BCUT2D eigenvalue weighted by Crippen LogP contribution is -2.44. The van der Waals surface area contributed by atoms with Crippen molar-refractivity contribution < 1.29 is 35.5 Å². The number of likely N-dealkylation sites (tertiary alicyclic amines) is 1. The molecule has 1 amide bonds. The van der Waals surface area contributed by atoms with E-state index in [9.17, 15) is 26.4 Å². The number of carbonyl (C=O) groups is 1. The Morgan fingerprint density at radius 2 is 1.65 bits per heavy atom. The third-order valence-electron chi connectivity index (χ3n) is 6.20. The van der Waals surface area contributed by atoms with Crippen molar-refractivity contribution in [1.29, 1.82) is 0 Å². The summed E-state index contributed by atoms with van der Waals surface area (Å²) in [5.74, 6) is -1.37. The number of ether oxygens (including phenoxy) is 1. The molecule has 0 saturated carbocycles. The fourth-order valence-corrected chi connectivity index (χ4v) is 6.55. The van der Waals surface area contributed by atoms with Crippen LogP contribution in [0.15, 0.2) is 33.6 Å². The molecule has 1 fully saturated rings. The topological polar surface area (TPSA) is 80.1 Å². The van der Waals surface area contributed by atoms with Gasteiger partial charge in [0.25, 0.3) is 0 Å². The van der Waals surface area contributed by atoms with Crippen molar-refractivity contribution in [3.05, 3.63) is 52.5 Å². The van der Waals surface area contributed by atoms with Gasteiger partial charge in [-0.2, -0.15) is 17.5 Å². The first-order chi connectivity index (χ1) is 17.0. The summed E-state index contributed by atoms with van der Waals surface area (Å²) < 4.78 is 78.6. The molecule has 1 aromatic carbocycles. The standard InChI is InChI=1S/C26H35F3N2O5S/c1-17-13-18(2)23(19(3)14-17)37(33,34)31(16-21-7-8-22(35-21)26(27,28)29)15-20-9-11-30(12-10-20)24(32)36-25(4,5)6/h7-8,13-14,20H,9-12,15-16H2,1-6H3. The summed E-state index contributed by atoms with van der Waals surface area (Å²) in [6, 6.07) is 5.51. The average Bonchev–Trinajstić information content (AvgIpc) is 3.21. The molecule has 0 atom stereocenters. The summed E-state index contributed by atoms with van der Waals surface area (Å²) in [5, 5.41) is 0. The van der Waals surface area contributed by atoms with E-state index in [-0.39, 0.29) is 29.7 Å². The number of amides is 1. The van der Waals surface area contributed by atoms with Crippen LogP contribution in [-0.2, 0) is 27.5 Å². The third-order valence-corrected chi connectivity index (χ3v) is 8.32. The maximum Gasteiger partial charge on any atom is 0.449 e.